The van der Waals surface area contributed by atoms with Crippen molar-refractivity contribution < 1.29 is 52.5 Å². The summed E-state index contributed by atoms with van der Waals surface area (Å²) in [4.78, 5) is 35.0. The van der Waals surface area contributed by atoms with Gasteiger partial charge in [0.2, 0.25) is 0 Å². The van der Waals surface area contributed by atoms with Gasteiger partial charge in [-0.05, 0) is 51.4 Å². The number of aliphatic hydroxyl groups excluding tert-OH is 2. The zero-order valence-electron chi connectivity index (χ0n) is 35.0. The van der Waals surface area contributed by atoms with E-state index in [2.05, 4.69) is 42.7 Å². The van der Waals surface area contributed by atoms with Crippen LogP contribution in [-0.2, 0) is 37.4 Å². The minimum Gasteiger partial charge on any atom is -0.462 e. The number of hydrogen-bond acceptors (Lipinski definition) is 10. The Hall–Kier alpha value is -1.85. The van der Waals surface area contributed by atoms with Crippen LogP contribution in [0, 0.1) is 0 Å². The van der Waals surface area contributed by atoms with Gasteiger partial charge in [0.05, 0.1) is 32.0 Å². The summed E-state index contributed by atoms with van der Waals surface area (Å²) in [5.41, 5.74) is 0. The third-order valence-electron chi connectivity index (χ3n) is 9.70. The molecule has 0 saturated carbocycles. The van der Waals surface area contributed by atoms with Gasteiger partial charge in [0.25, 0.3) is 0 Å². The number of carbonyl (C=O) groups is 2. The monoisotopic (exact) mass is 815 g/mol. The molecule has 56 heavy (non-hydrogen) atoms. The van der Waals surface area contributed by atoms with Crippen molar-refractivity contribution in [1.29, 1.82) is 0 Å². The van der Waals surface area contributed by atoms with Crippen molar-refractivity contribution in [3.63, 3.8) is 0 Å². The second-order valence-electron chi connectivity index (χ2n) is 15.1. The molecule has 0 aromatic heterocycles. The predicted octanol–water partition coefficient (Wildman–Crippen LogP) is 10.5. The van der Waals surface area contributed by atoms with Gasteiger partial charge in [-0.15, -0.1) is 0 Å². The van der Waals surface area contributed by atoms with E-state index in [9.17, 15) is 24.2 Å². The lowest BCUT2D eigenvalue weighted by Crippen LogP contribution is -2.29. The van der Waals surface area contributed by atoms with Gasteiger partial charge in [-0.3, -0.25) is 18.6 Å². The maximum absolute atomic E-state index is 12.6. The Balaban J connectivity index is 2.28. The fourth-order valence-electron chi connectivity index (χ4n) is 6.14. The van der Waals surface area contributed by atoms with E-state index in [0.29, 0.717) is 31.5 Å². The summed E-state index contributed by atoms with van der Waals surface area (Å²) in [6.45, 7) is 2.28. The summed E-state index contributed by atoms with van der Waals surface area (Å²) in [5.74, 6) is -0.992. The third kappa shape index (κ3) is 33.2. The average molecular weight is 815 g/mol. The van der Waals surface area contributed by atoms with Gasteiger partial charge in [-0.2, -0.15) is 0 Å². The number of unbranched alkanes of at least 4 members (excludes halogenated alkanes) is 18. The molecule has 326 valence electrons. The van der Waals surface area contributed by atoms with Gasteiger partial charge in [0.15, 0.2) is 6.10 Å². The minimum absolute atomic E-state index is 0.104. The molecule has 3 N–H and O–H groups in total. The normalized spacial score (nSPS) is 17.8. The van der Waals surface area contributed by atoms with Crippen LogP contribution in [0.25, 0.3) is 0 Å². The van der Waals surface area contributed by atoms with Crippen molar-refractivity contribution in [1.82, 2.24) is 0 Å². The molecule has 0 aromatic carbocycles. The van der Waals surface area contributed by atoms with Crippen LogP contribution in [0.3, 0.4) is 0 Å². The number of ether oxygens (including phenoxy) is 3. The second kappa shape index (κ2) is 36.2. The number of allylic oxidation sites excluding steroid dienone is 4. The number of phosphoric acid groups is 1. The molecule has 0 aromatic rings. The molecule has 1 rings (SSSR count). The first-order valence-corrected chi connectivity index (χ1v) is 23.6. The SMILES string of the molecule is CCCCC/C=C/CC1OC1C/C=C\C/C=C\CCCC(=O)OC(COC(=O)CCCCCCCCCCCCCCCCC)COP(=O)(O)OCC(O)CO. The molecule has 5 unspecified atom stereocenters. The Bertz CT molecular complexity index is 1090. The molecule has 11 nitrogen and oxygen atoms in total. The summed E-state index contributed by atoms with van der Waals surface area (Å²) in [6.07, 6.45) is 38.6. The summed E-state index contributed by atoms with van der Waals surface area (Å²) in [5, 5.41) is 18.3. The molecule has 0 radical (unpaired) electrons. The van der Waals surface area contributed by atoms with Gasteiger partial charge in [-0.1, -0.05) is 153 Å². The van der Waals surface area contributed by atoms with Crippen molar-refractivity contribution in [3.05, 3.63) is 36.5 Å². The van der Waals surface area contributed by atoms with Crippen molar-refractivity contribution in [2.75, 3.05) is 26.4 Å². The van der Waals surface area contributed by atoms with Gasteiger partial charge in [0, 0.05) is 12.8 Å². The zero-order valence-corrected chi connectivity index (χ0v) is 35.9. The van der Waals surface area contributed by atoms with Crippen LogP contribution in [-0.4, -0.2) is 77.9 Å². The van der Waals surface area contributed by atoms with Crippen molar-refractivity contribution in [3.8, 4) is 0 Å². The molecule has 5 atom stereocenters. The highest BCUT2D eigenvalue weighted by atomic mass is 31.2. The first-order valence-electron chi connectivity index (χ1n) is 22.1. The Morgan fingerprint density at radius 1 is 0.625 bits per heavy atom. The summed E-state index contributed by atoms with van der Waals surface area (Å²) < 4.78 is 38.4. The molecule has 1 saturated heterocycles. The number of esters is 2. The van der Waals surface area contributed by atoms with E-state index in [1.165, 1.54) is 89.9 Å². The second-order valence-corrected chi connectivity index (χ2v) is 16.6. The van der Waals surface area contributed by atoms with Crippen molar-refractivity contribution >= 4 is 19.8 Å². The highest BCUT2D eigenvalue weighted by Gasteiger charge is 2.36. The van der Waals surface area contributed by atoms with E-state index in [0.717, 1.165) is 44.9 Å². The Morgan fingerprint density at radius 3 is 1.71 bits per heavy atom. The summed E-state index contributed by atoms with van der Waals surface area (Å²) in [6, 6.07) is 0. The van der Waals surface area contributed by atoms with Crippen LogP contribution in [0.15, 0.2) is 36.5 Å². The lowest BCUT2D eigenvalue weighted by Gasteiger charge is -2.20. The number of hydrogen-bond donors (Lipinski definition) is 3. The number of phosphoric ester groups is 1. The summed E-state index contributed by atoms with van der Waals surface area (Å²) in [7, 11) is -4.63. The lowest BCUT2D eigenvalue weighted by atomic mass is 10.0. The van der Waals surface area contributed by atoms with Crippen LogP contribution >= 0.6 is 7.82 Å². The molecule has 12 heteroatoms. The molecule has 1 aliphatic heterocycles. The number of aliphatic hydroxyl groups is 2. The standard InChI is InChI=1S/C44H79O11P/c1-3-5-7-9-11-12-13-14-15-16-17-18-21-25-29-33-43(47)51-37-40(38-53-56(49,50)52-36-39(46)35-45)54-44(48)34-30-26-22-19-20-24-28-32-42-41(55-42)31-27-23-10-8-6-4-2/h19,22-24,27-28,39-42,45-46H,3-18,20-21,25-26,29-38H2,1-2H3,(H,49,50)/b22-19-,27-23+,28-24-. The Kier molecular flexibility index (Phi) is 33.8. The maximum Gasteiger partial charge on any atom is 0.472 e. The predicted molar refractivity (Wildman–Crippen MR) is 223 cm³/mol. The number of rotatable bonds is 40. The van der Waals surface area contributed by atoms with Gasteiger partial charge >= 0.3 is 19.8 Å². The van der Waals surface area contributed by atoms with Crippen LogP contribution in [0.2, 0.25) is 0 Å². The van der Waals surface area contributed by atoms with E-state index >= 15 is 0 Å². The van der Waals surface area contributed by atoms with E-state index in [1.54, 1.807) is 0 Å². The lowest BCUT2D eigenvalue weighted by molar-refractivity contribution is -0.161. The van der Waals surface area contributed by atoms with E-state index in [4.69, 9.17) is 23.8 Å². The molecule has 0 spiro atoms. The molecule has 1 fully saturated rings. The van der Waals surface area contributed by atoms with Crippen molar-refractivity contribution in [2.45, 2.75) is 205 Å². The Morgan fingerprint density at radius 2 is 1.11 bits per heavy atom. The van der Waals surface area contributed by atoms with Crippen molar-refractivity contribution in [2.24, 2.45) is 0 Å². The largest absolute Gasteiger partial charge is 0.472 e. The highest BCUT2D eigenvalue weighted by molar-refractivity contribution is 7.47. The smallest absolute Gasteiger partial charge is 0.462 e. The summed E-state index contributed by atoms with van der Waals surface area (Å²) >= 11 is 0. The van der Waals surface area contributed by atoms with E-state index in [1.807, 2.05) is 12.2 Å². The first-order chi connectivity index (χ1) is 27.2. The van der Waals surface area contributed by atoms with Gasteiger partial charge in [0.1, 0.15) is 12.7 Å². The molecular formula is C44H79O11P. The average Bonchev–Trinajstić information content (AvgIpc) is 3.94. The van der Waals surface area contributed by atoms with Crippen LogP contribution in [0.5, 0.6) is 0 Å². The van der Waals surface area contributed by atoms with Crippen LogP contribution < -0.4 is 0 Å². The van der Waals surface area contributed by atoms with Gasteiger partial charge < -0.3 is 29.3 Å². The minimum atomic E-state index is -4.63. The fourth-order valence-corrected chi connectivity index (χ4v) is 6.93. The Labute approximate surface area is 339 Å². The fraction of sp³-hybridized carbons (Fsp3) is 0.818. The topological polar surface area (TPSA) is 161 Å². The van der Waals surface area contributed by atoms with Crippen LogP contribution in [0.4, 0.5) is 0 Å². The molecule has 0 aliphatic carbocycles. The molecular weight excluding hydrogens is 735 g/mol. The molecule has 1 heterocycles. The third-order valence-corrected chi connectivity index (χ3v) is 10.7. The zero-order chi connectivity index (χ0) is 41.0. The van der Waals surface area contributed by atoms with E-state index < -0.39 is 51.8 Å². The molecule has 1 aliphatic rings. The highest BCUT2D eigenvalue weighted by Crippen LogP contribution is 2.43. The molecule has 0 amide bonds. The van der Waals surface area contributed by atoms with Crippen LogP contribution in [0.1, 0.15) is 181 Å². The first kappa shape index (κ1) is 52.2. The maximum atomic E-state index is 12.6. The number of carbonyl (C=O) groups excluding carboxylic acids is 2. The quantitative estimate of drug-likeness (QED) is 0.0177. The van der Waals surface area contributed by atoms with E-state index in [-0.39, 0.29) is 19.4 Å². The molecule has 0 bridgehead atoms. The van der Waals surface area contributed by atoms with Gasteiger partial charge in [-0.25, -0.2) is 4.57 Å². The number of epoxide rings is 1.